The van der Waals surface area contributed by atoms with Crippen molar-refractivity contribution in [1.82, 2.24) is 9.13 Å². The summed E-state index contributed by atoms with van der Waals surface area (Å²) in [4.78, 5) is 35.4. The van der Waals surface area contributed by atoms with Gasteiger partial charge in [0.15, 0.2) is 0 Å². The topological polar surface area (TPSA) is 90.5 Å². The minimum Gasteiger partial charge on any atom is -0.500 e. The number of ether oxygens (including phenoxy) is 1. The number of aliphatic carboxylic acids is 1. The van der Waals surface area contributed by atoms with Crippen LogP contribution in [-0.2, 0) is 22.8 Å². The van der Waals surface area contributed by atoms with Gasteiger partial charge in [0.1, 0.15) is 17.3 Å². The standard InChI is InChI=1S/C17H13ClF4N2O5S/c1-23-13(17(20,21)22)6-14(25)24(16(23)28)11-5-12(9(18)4-10(11)19)30-7-8(29-2)3-15(26)27/h3-6H,7H2,1-2H3,(H,26,27)/b8-3+. The summed E-state index contributed by atoms with van der Waals surface area (Å²) in [6.45, 7) is 0. The molecular formula is C17H13ClF4N2O5S. The van der Waals surface area contributed by atoms with Gasteiger partial charge in [0.05, 0.1) is 29.6 Å². The molecule has 2 aromatic rings. The highest BCUT2D eigenvalue weighted by Crippen LogP contribution is 2.32. The van der Waals surface area contributed by atoms with Crippen LogP contribution in [0.2, 0.25) is 5.02 Å². The van der Waals surface area contributed by atoms with Crippen molar-refractivity contribution in [2.75, 3.05) is 12.9 Å². The molecule has 0 bridgehead atoms. The molecule has 0 unspecified atom stereocenters. The Morgan fingerprint density at radius 3 is 2.47 bits per heavy atom. The third kappa shape index (κ3) is 5.05. The summed E-state index contributed by atoms with van der Waals surface area (Å²) < 4.78 is 58.7. The van der Waals surface area contributed by atoms with Crippen molar-refractivity contribution in [2.24, 2.45) is 7.05 Å². The van der Waals surface area contributed by atoms with E-state index in [0.717, 1.165) is 37.0 Å². The molecule has 0 atom stereocenters. The van der Waals surface area contributed by atoms with E-state index in [1.165, 1.54) is 7.11 Å². The number of aromatic nitrogens is 2. The number of carboxylic acid groups (broad SMARTS) is 1. The second-order valence-electron chi connectivity index (χ2n) is 5.72. The molecule has 0 aliphatic carbocycles. The fourth-order valence-corrected chi connectivity index (χ4v) is 3.57. The molecule has 1 heterocycles. The lowest BCUT2D eigenvalue weighted by Gasteiger charge is -2.15. The molecule has 7 nitrogen and oxygen atoms in total. The first-order valence-electron chi connectivity index (χ1n) is 7.86. The summed E-state index contributed by atoms with van der Waals surface area (Å²) in [5.74, 6) is -2.39. The van der Waals surface area contributed by atoms with Crippen LogP contribution in [0.4, 0.5) is 17.6 Å². The Balaban J connectivity index is 2.58. The largest absolute Gasteiger partial charge is 0.500 e. The molecular weight excluding hydrogens is 456 g/mol. The zero-order valence-electron chi connectivity index (χ0n) is 15.3. The van der Waals surface area contributed by atoms with E-state index in [2.05, 4.69) is 0 Å². The van der Waals surface area contributed by atoms with Crippen molar-refractivity contribution in [3.05, 3.63) is 67.4 Å². The minimum atomic E-state index is -4.96. The average molecular weight is 469 g/mol. The van der Waals surface area contributed by atoms with Gasteiger partial charge in [-0.2, -0.15) is 13.2 Å². The zero-order valence-corrected chi connectivity index (χ0v) is 16.9. The normalized spacial score (nSPS) is 12.2. The number of carboxylic acids is 1. The average Bonchev–Trinajstić information content (AvgIpc) is 2.63. The van der Waals surface area contributed by atoms with Crippen LogP contribution in [-0.4, -0.2) is 33.1 Å². The quantitative estimate of drug-likeness (QED) is 0.303. The van der Waals surface area contributed by atoms with Crippen LogP contribution in [0.3, 0.4) is 0 Å². The molecule has 0 aliphatic heterocycles. The Hall–Kier alpha value is -2.73. The SMILES string of the molecule is CO/C(=C/C(=O)O)CSc1cc(-n2c(=O)cc(C(F)(F)F)n(C)c2=O)c(F)cc1Cl. The third-order valence-electron chi connectivity index (χ3n) is 3.77. The van der Waals surface area contributed by atoms with Gasteiger partial charge in [-0.05, 0) is 12.1 Å². The number of hydrogen-bond donors (Lipinski definition) is 1. The van der Waals surface area contributed by atoms with Crippen molar-refractivity contribution in [3.8, 4) is 5.69 Å². The van der Waals surface area contributed by atoms with E-state index < -0.39 is 40.6 Å². The van der Waals surface area contributed by atoms with E-state index in [1.807, 2.05) is 0 Å². The molecule has 1 N–H and O–H groups in total. The number of carbonyl (C=O) groups is 1. The summed E-state index contributed by atoms with van der Waals surface area (Å²) in [6.07, 6.45) is -4.17. The lowest BCUT2D eigenvalue weighted by atomic mass is 10.3. The molecule has 1 aromatic carbocycles. The van der Waals surface area contributed by atoms with Crippen molar-refractivity contribution in [2.45, 2.75) is 11.1 Å². The fraction of sp³-hybridized carbons (Fsp3) is 0.235. The first-order chi connectivity index (χ1) is 13.9. The van der Waals surface area contributed by atoms with Crippen molar-refractivity contribution in [1.29, 1.82) is 0 Å². The molecule has 162 valence electrons. The molecule has 13 heteroatoms. The highest BCUT2D eigenvalue weighted by Gasteiger charge is 2.35. The molecule has 0 aliphatic rings. The molecule has 0 fully saturated rings. The Labute approximate surface area is 175 Å². The molecule has 0 saturated carbocycles. The molecule has 30 heavy (non-hydrogen) atoms. The monoisotopic (exact) mass is 468 g/mol. The predicted molar refractivity (Wildman–Crippen MR) is 101 cm³/mol. The van der Waals surface area contributed by atoms with Crippen LogP contribution < -0.4 is 11.2 Å². The predicted octanol–water partition coefficient (Wildman–Crippen LogP) is 3.05. The second-order valence-corrected chi connectivity index (χ2v) is 7.14. The lowest BCUT2D eigenvalue weighted by Crippen LogP contribution is -2.41. The van der Waals surface area contributed by atoms with E-state index in [4.69, 9.17) is 21.4 Å². The van der Waals surface area contributed by atoms with Crippen molar-refractivity contribution in [3.63, 3.8) is 0 Å². The number of methoxy groups -OCH3 is 1. The van der Waals surface area contributed by atoms with Crippen LogP contribution in [0.15, 0.2) is 44.5 Å². The highest BCUT2D eigenvalue weighted by molar-refractivity contribution is 7.99. The Bertz CT molecular complexity index is 1140. The minimum absolute atomic E-state index is 0.0389. The van der Waals surface area contributed by atoms with Gasteiger partial charge in [-0.1, -0.05) is 11.6 Å². The second kappa shape index (κ2) is 8.96. The zero-order chi connectivity index (χ0) is 22.8. The van der Waals surface area contributed by atoms with Crippen LogP contribution in [0.25, 0.3) is 5.69 Å². The summed E-state index contributed by atoms with van der Waals surface area (Å²) in [5, 5.41) is 8.64. The number of thioether (sulfide) groups is 1. The number of alkyl halides is 3. The maximum absolute atomic E-state index is 14.4. The molecule has 1 aromatic heterocycles. The lowest BCUT2D eigenvalue weighted by molar-refractivity contribution is -0.144. The van der Waals surface area contributed by atoms with Crippen LogP contribution in [0.5, 0.6) is 0 Å². The van der Waals surface area contributed by atoms with Gasteiger partial charge in [0, 0.05) is 18.0 Å². The number of halogens is 5. The number of nitrogens with zero attached hydrogens (tertiary/aromatic N) is 2. The van der Waals surface area contributed by atoms with Gasteiger partial charge in [-0.15, -0.1) is 11.8 Å². The van der Waals surface area contributed by atoms with Gasteiger partial charge in [-0.3, -0.25) is 9.36 Å². The highest BCUT2D eigenvalue weighted by atomic mass is 35.5. The van der Waals surface area contributed by atoms with Gasteiger partial charge in [0.25, 0.3) is 5.56 Å². The maximum atomic E-state index is 14.4. The first kappa shape index (κ1) is 23.5. The molecule has 0 amide bonds. The van der Waals surface area contributed by atoms with Crippen LogP contribution >= 0.6 is 23.4 Å². The Morgan fingerprint density at radius 2 is 1.93 bits per heavy atom. The summed E-state index contributed by atoms with van der Waals surface area (Å²) in [7, 11) is 2.03. The van der Waals surface area contributed by atoms with E-state index in [9.17, 15) is 31.9 Å². The molecule has 0 saturated heterocycles. The molecule has 2 rings (SSSR count). The summed E-state index contributed by atoms with van der Waals surface area (Å²) in [6, 6.07) is 1.98. The Kier molecular flexibility index (Phi) is 7.03. The van der Waals surface area contributed by atoms with Crippen LogP contribution in [0, 0.1) is 5.82 Å². The first-order valence-corrected chi connectivity index (χ1v) is 9.23. The van der Waals surface area contributed by atoms with Gasteiger partial charge >= 0.3 is 17.8 Å². The van der Waals surface area contributed by atoms with E-state index in [-0.39, 0.29) is 36.6 Å². The summed E-state index contributed by atoms with van der Waals surface area (Å²) >= 11 is 6.86. The van der Waals surface area contributed by atoms with E-state index in [0.29, 0.717) is 0 Å². The number of rotatable bonds is 6. The molecule has 0 radical (unpaired) electrons. The summed E-state index contributed by atoms with van der Waals surface area (Å²) in [5.41, 5.74) is -4.88. The van der Waals surface area contributed by atoms with Gasteiger partial charge in [0.2, 0.25) is 0 Å². The smallest absolute Gasteiger partial charge is 0.431 e. The van der Waals surface area contributed by atoms with Gasteiger partial charge < -0.3 is 9.84 Å². The fourth-order valence-electron chi connectivity index (χ4n) is 2.37. The van der Waals surface area contributed by atoms with E-state index in [1.54, 1.807) is 0 Å². The third-order valence-corrected chi connectivity index (χ3v) is 5.27. The number of benzene rings is 1. The van der Waals surface area contributed by atoms with Crippen LogP contribution in [0.1, 0.15) is 5.69 Å². The maximum Gasteiger partial charge on any atom is 0.431 e. The van der Waals surface area contributed by atoms with Gasteiger partial charge in [-0.25, -0.2) is 18.5 Å². The molecule has 0 spiro atoms. The van der Waals surface area contributed by atoms with Crippen molar-refractivity contribution < 1.29 is 32.2 Å². The van der Waals surface area contributed by atoms with Crippen molar-refractivity contribution >= 4 is 29.3 Å². The Morgan fingerprint density at radius 1 is 1.30 bits per heavy atom. The van der Waals surface area contributed by atoms with E-state index >= 15 is 0 Å². The number of hydrogen-bond acceptors (Lipinski definition) is 5.